The number of aromatic amines is 1. The van der Waals surface area contributed by atoms with Crippen LogP contribution in [0.25, 0.3) is 43.6 Å². The lowest BCUT2D eigenvalue weighted by Gasteiger charge is -2.02. The smallest absolute Gasteiger partial charge is 0.126 e. The van der Waals surface area contributed by atoms with Crippen molar-refractivity contribution < 1.29 is 9.47 Å². The Balaban J connectivity index is 1.66. The van der Waals surface area contributed by atoms with E-state index in [1.165, 1.54) is 0 Å². The molecule has 0 saturated carbocycles. The summed E-state index contributed by atoms with van der Waals surface area (Å²) < 4.78 is 12.7. The third-order valence-electron chi connectivity index (χ3n) is 5.51. The van der Waals surface area contributed by atoms with E-state index in [2.05, 4.69) is 23.4 Å². The first-order valence-corrected chi connectivity index (χ1v) is 10.7. The van der Waals surface area contributed by atoms with Crippen LogP contribution in [0.4, 0.5) is 0 Å². The number of hydrogen-bond acceptors (Lipinski definition) is 5. The zero-order valence-corrected chi connectivity index (χ0v) is 18.2. The van der Waals surface area contributed by atoms with E-state index in [-0.39, 0.29) is 6.54 Å². The van der Waals surface area contributed by atoms with Crippen molar-refractivity contribution in [1.82, 2.24) is 14.5 Å². The Labute approximate surface area is 183 Å². The number of hydrogen-bond donors (Lipinski definition) is 1. The van der Waals surface area contributed by atoms with Crippen molar-refractivity contribution in [3.05, 3.63) is 53.7 Å². The van der Waals surface area contributed by atoms with Crippen LogP contribution in [0, 0.1) is 18.3 Å². The van der Waals surface area contributed by atoms with E-state index in [1.807, 2.05) is 47.2 Å². The monoisotopic (exact) mass is 428 g/mol. The van der Waals surface area contributed by atoms with Crippen LogP contribution >= 0.6 is 11.3 Å². The highest BCUT2D eigenvalue weighted by Gasteiger charge is 2.18. The number of nitrogens with zero attached hydrogens (tertiary/aromatic N) is 3. The molecule has 1 N–H and O–H groups in total. The zero-order valence-electron chi connectivity index (χ0n) is 17.4. The quantitative estimate of drug-likeness (QED) is 0.386. The molecule has 0 saturated heterocycles. The molecule has 3 heterocycles. The highest BCUT2D eigenvalue weighted by atomic mass is 32.1. The third kappa shape index (κ3) is 3.13. The number of nitriles is 1. The van der Waals surface area contributed by atoms with Gasteiger partial charge in [-0.1, -0.05) is 0 Å². The molecule has 0 aliphatic carbocycles. The Morgan fingerprint density at radius 1 is 1.10 bits per heavy atom. The molecule has 154 valence electrons. The van der Waals surface area contributed by atoms with Crippen LogP contribution in [0.3, 0.4) is 0 Å². The lowest BCUT2D eigenvalue weighted by atomic mass is 10.1. The fraction of sp³-hybridized carbons (Fsp3) is 0.167. The molecule has 6 nitrogen and oxygen atoms in total. The predicted molar refractivity (Wildman–Crippen MR) is 124 cm³/mol. The van der Waals surface area contributed by atoms with E-state index >= 15 is 0 Å². The van der Waals surface area contributed by atoms with Crippen molar-refractivity contribution in [2.45, 2.75) is 13.5 Å². The number of ether oxygens (including phenoxy) is 2. The molecule has 0 radical (unpaired) electrons. The van der Waals surface area contributed by atoms with Crippen LogP contribution in [0.5, 0.6) is 11.5 Å². The van der Waals surface area contributed by atoms with E-state index in [9.17, 15) is 5.26 Å². The van der Waals surface area contributed by atoms with Crippen molar-refractivity contribution in [2.75, 3.05) is 14.2 Å². The first-order valence-electron chi connectivity index (χ1n) is 9.79. The van der Waals surface area contributed by atoms with Gasteiger partial charge in [-0.15, -0.1) is 11.3 Å². The number of aromatic nitrogens is 3. The number of rotatable bonds is 5. The summed E-state index contributed by atoms with van der Waals surface area (Å²) in [5.74, 6) is 1.58. The fourth-order valence-corrected chi connectivity index (χ4v) is 4.89. The summed E-state index contributed by atoms with van der Waals surface area (Å²) in [7, 11) is 3.32. The topological polar surface area (TPSA) is 75.9 Å². The first kappa shape index (κ1) is 19.2. The SMILES string of the molecule is COc1ccc2[nH]c(C)c(-c3csc(-c4cn(CC#N)c5cc(OC)ccc45)n3)c2c1. The maximum absolute atomic E-state index is 9.26. The molecule has 0 atom stereocenters. The van der Waals surface area contributed by atoms with Crippen molar-refractivity contribution in [3.63, 3.8) is 0 Å². The average molecular weight is 429 g/mol. The molecule has 0 aliphatic rings. The predicted octanol–water partition coefficient (Wildman–Crippen LogP) is 5.76. The van der Waals surface area contributed by atoms with E-state index in [0.717, 1.165) is 60.8 Å². The van der Waals surface area contributed by atoms with E-state index in [4.69, 9.17) is 14.5 Å². The molecule has 0 spiro atoms. The molecule has 0 amide bonds. The number of H-pyrrole nitrogens is 1. The molecule has 3 aromatic heterocycles. The second-order valence-electron chi connectivity index (χ2n) is 7.29. The molecule has 0 fully saturated rings. The van der Waals surface area contributed by atoms with Gasteiger partial charge in [-0.2, -0.15) is 5.26 Å². The van der Waals surface area contributed by atoms with E-state index < -0.39 is 0 Å². The van der Waals surface area contributed by atoms with Crippen molar-refractivity contribution in [1.29, 1.82) is 5.26 Å². The highest BCUT2D eigenvalue weighted by molar-refractivity contribution is 7.13. The minimum Gasteiger partial charge on any atom is -0.497 e. The van der Waals surface area contributed by atoms with Gasteiger partial charge in [0.25, 0.3) is 0 Å². The summed E-state index contributed by atoms with van der Waals surface area (Å²) in [6.07, 6.45) is 2.00. The van der Waals surface area contributed by atoms with Gasteiger partial charge in [0, 0.05) is 50.8 Å². The molecule has 0 aliphatic heterocycles. The van der Waals surface area contributed by atoms with Gasteiger partial charge >= 0.3 is 0 Å². The van der Waals surface area contributed by atoms with Crippen LogP contribution in [0.1, 0.15) is 5.69 Å². The van der Waals surface area contributed by atoms with Gasteiger partial charge in [0.1, 0.15) is 23.1 Å². The van der Waals surface area contributed by atoms with Crippen LogP contribution in [0.2, 0.25) is 0 Å². The van der Waals surface area contributed by atoms with Gasteiger partial charge in [-0.05, 0) is 37.3 Å². The maximum Gasteiger partial charge on any atom is 0.126 e. The summed E-state index contributed by atoms with van der Waals surface area (Å²) >= 11 is 1.60. The molecule has 5 aromatic rings. The molecule has 2 aromatic carbocycles. The second-order valence-corrected chi connectivity index (χ2v) is 8.14. The van der Waals surface area contributed by atoms with Gasteiger partial charge in [-0.25, -0.2) is 4.98 Å². The van der Waals surface area contributed by atoms with Crippen molar-refractivity contribution in [3.8, 4) is 39.4 Å². The standard InChI is InChI=1S/C24H20N4O2S/c1-14-23(18-10-15(29-2)5-7-20(18)26-14)21-13-31-24(27-21)19-12-28(9-8-25)22-11-16(30-3)4-6-17(19)22/h4-7,10-13,26H,9H2,1-3H3. The summed E-state index contributed by atoms with van der Waals surface area (Å²) in [6, 6.07) is 14.2. The number of aryl methyl sites for hydroxylation is 1. The Kier molecular flexibility index (Phi) is 4.64. The lowest BCUT2D eigenvalue weighted by Crippen LogP contribution is -1.92. The second kappa shape index (κ2) is 7.49. The van der Waals surface area contributed by atoms with Gasteiger partial charge in [0.05, 0.1) is 31.5 Å². The van der Waals surface area contributed by atoms with E-state index in [1.54, 1.807) is 25.6 Å². The highest BCUT2D eigenvalue weighted by Crippen LogP contribution is 2.39. The molecule has 31 heavy (non-hydrogen) atoms. The van der Waals surface area contributed by atoms with Gasteiger partial charge in [0.15, 0.2) is 0 Å². The van der Waals surface area contributed by atoms with Crippen molar-refractivity contribution >= 4 is 33.1 Å². The first-order chi connectivity index (χ1) is 15.1. The van der Waals surface area contributed by atoms with Crippen molar-refractivity contribution in [2.24, 2.45) is 0 Å². The number of benzene rings is 2. The molecule has 5 rings (SSSR count). The average Bonchev–Trinajstić information content (AvgIpc) is 3.48. The van der Waals surface area contributed by atoms with Crippen LogP contribution < -0.4 is 9.47 Å². The fourth-order valence-electron chi connectivity index (χ4n) is 4.05. The Hall–Kier alpha value is -3.76. The number of thiazole rings is 1. The van der Waals surface area contributed by atoms with Crippen LogP contribution in [-0.2, 0) is 6.54 Å². The van der Waals surface area contributed by atoms with Crippen LogP contribution in [-0.4, -0.2) is 28.8 Å². The molecule has 0 bridgehead atoms. The summed E-state index contributed by atoms with van der Waals surface area (Å²) in [4.78, 5) is 8.43. The van der Waals surface area contributed by atoms with E-state index in [0.29, 0.717) is 0 Å². The number of nitrogens with one attached hydrogen (secondary N) is 1. The minimum absolute atomic E-state index is 0.267. The van der Waals surface area contributed by atoms with Crippen LogP contribution in [0.15, 0.2) is 48.0 Å². The Bertz CT molecular complexity index is 1470. The Morgan fingerprint density at radius 3 is 2.65 bits per heavy atom. The minimum atomic E-state index is 0.267. The molecule has 0 unspecified atom stereocenters. The normalized spacial score (nSPS) is 11.2. The Morgan fingerprint density at radius 2 is 1.87 bits per heavy atom. The summed E-state index contributed by atoms with van der Waals surface area (Å²) in [6.45, 7) is 2.33. The number of methoxy groups -OCH3 is 2. The number of fused-ring (bicyclic) bond motifs is 2. The summed E-state index contributed by atoms with van der Waals surface area (Å²) in [5.41, 5.74) is 6.10. The zero-order chi connectivity index (χ0) is 21.5. The molecular formula is C24H20N4O2S. The maximum atomic E-state index is 9.26. The summed E-state index contributed by atoms with van der Waals surface area (Å²) in [5, 5.41) is 14.4. The van der Waals surface area contributed by atoms with Gasteiger partial charge in [-0.3, -0.25) is 0 Å². The van der Waals surface area contributed by atoms with Gasteiger partial charge < -0.3 is 19.0 Å². The van der Waals surface area contributed by atoms with Gasteiger partial charge in [0.2, 0.25) is 0 Å². The lowest BCUT2D eigenvalue weighted by molar-refractivity contribution is 0.415. The molecule has 7 heteroatoms. The molecular weight excluding hydrogens is 408 g/mol. The largest absolute Gasteiger partial charge is 0.497 e. The third-order valence-corrected chi connectivity index (χ3v) is 6.39.